The Balaban J connectivity index is 1.34. The number of benzene rings is 1. The van der Waals surface area contributed by atoms with Gasteiger partial charge in [0.25, 0.3) is 0 Å². The number of imidazole rings is 1. The summed E-state index contributed by atoms with van der Waals surface area (Å²) in [6.45, 7) is 1.91. The van der Waals surface area contributed by atoms with Gasteiger partial charge in [-0.3, -0.25) is 10.3 Å². The Morgan fingerprint density at radius 2 is 2.00 bits per heavy atom. The summed E-state index contributed by atoms with van der Waals surface area (Å²) in [7, 11) is 0. The van der Waals surface area contributed by atoms with Crippen molar-refractivity contribution in [2.24, 2.45) is 0 Å². The summed E-state index contributed by atoms with van der Waals surface area (Å²) in [5.41, 5.74) is 3.39. The first-order valence-electron chi connectivity index (χ1n) is 8.43. The fourth-order valence-corrected chi connectivity index (χ4v) is 2.67. The third kappa shape index (κ3) is 2.85. The maximum Gasteiger partial charge on any atom is 0.322 e. The molecule has 3 heterocycles. The van der Waals surface area contributed by atoms with Crippen LogP contribution >= 0.6 is 0 Å². The van der Waals surface area contributed by atoms with Crippen molar-refractivity contribution in [2.45, 2.75) is 25.9 Å². The van der Waals surface area contributed by atoms with Crippen LogP contribution in [0.25, 0.3) is 22.5 Å². The summed E-state index contributed by atoms with van der Waals surface area (Å²) in [6, 6.07) is 9.78. The predicted octanol–water partition coefficient (Wildman–Crippen LogP) is 3.60. The van der Waals surface area contributed by atoms with Crippen molar-refractivity contribution >= 4 is 23.0 Å². The zero-order valence-corrected chi connectivity index (χ0v) is 14.1. The molecule has 2 N–H and O–H groups in total. The van der Waals surface area contributed by atoms with Crippen LogP contribution in [0.1, 0.15) is 18.5 Å². The van der Waals surface area contributed by atoms with E-state index in [1.165, 1.54) is 0 Å². The number of nitrogens with zero attached hydrogens (tertiary/aromatic N) is 4. The molecule has 8 nitrogen and oxygen atoms in total. The van der Waals surface area contributed by atoms with Gasteiger partial charge in [-0.2, -0.15) is 0 Å². The van der Waals surface area contributed by atoms with Gasteiger partial charge in [0.05, 0.1) is 17.3 Å². The Bertz CT molecular complexity index is 1060. The molecule has 0 amide bonds. The number of aryl methyl sites for hydroxylation is 1. The molecule has 0 aliphatic heterocycles. The van der Waals surface area contributed by atoms with Crippen LogP contribution in [0.15, 0.2) is 40.9 Å². The Kier molecular flexibility index (Phi) is 3.34. The number of ether oxygens (including phenoxy) is 1. The summed E-state index contributed by atoms with van der Waals surface area (Å²) < 4.78 is 11.4. The summed E-state index contributed by atoms with van der Waals surface area (Å²) >= 11 is 0. The lowest BCUT2D eigenvalue weighted by atomic mass is 10.2. The van der Waals surface area contributed by atoms with Crippen LogP contribution in [0.4, 0.5) is 12.0 Å². The fourth-order valence-electron chi connectivity index (χ4n) is 2.67. The molecule has 1 aliphatic carbocycles. The molecule has 0 bridgehead atoms. The largest absolute Gasteiger partial charge is 0.490 e. The number of hydrogen-bond acceptors (Lipinski definition) is 7. The average Bonchev–Trinajstić information content (AvgIpc) is 3.17. The number of fused-ring (bicyclic) bond motifs is 1. The monoisotopic (exact) mass is 348 g/mol. The van der Waals surface area contributed by atoms with Crippen molar-refractivity contribution in [2.75, 3.05) is 5.32 Å². The van der Waals surface area contributed by atoms with Gasteiger partial charge in [-0.25, -0.2) is 4.98 Å². The molecule has 130 valence electrons. The van der Waals surface area contributed by atoms with Gasteiger partial charge in [-0.15, -0.1) is 5.10 Å². The molecule has 0 spiro atoms. The van der Waals surface area contributed by atoms with E-state index in [1.807, 2.05) is 37.3 Å². The molecule has 1 aliphatic rings. The molecule has 4 aromatic rings. The van der Waals surface area contributed by atoms with Gasteiger partial charge in [0, 0.05) is 11.8 Å². The number of aromatic amines is 1. The van der Waals surface area contributed by atoms with E-state index >= 15 is 0 Å². The molecule has 0 atom stereocenters. The van der Waals surface area contributed by atoms with Crippen molar-refractivity contribution in [3.8, 4) is 17.2 Å². The normalized spacial score (nSPS) is 13.9. The minimum atomic E-state index is 0.267. The van der Waals surface area contributed by atoms with Crippen molar-refractivity contribution in [1.82, 2.24) is 25.1 Å². The highest BCUT2D eigenvalue weighted by atomic mass is 16.5. The standard InChI is InChI=1S/C18H16N6O2/c1-10-15-14(8-9-19-10)20-17(21-15)22-18-24-23-16(26-18)11-2-4-12(5-3-11)25-13-6-7-13/h2-5,8-9,13H,6-7H2,1H3,(H2,20,21,22,24). The number of hydrogen-bond donors (Lipinski definition) is 2. The third-order valence-corrected chi connectivity index (χ3v) is 4.16. The Morgan fingerprint density at radius 3 is 2.77 bits per heavy atom. The SMILES string of the molecule is Cc1nccc2[nH]c(Nc3nnc(-c4ccc(OC5CC5)cc4)o3)nc12. The van der Waals surface area contributed by atoms with E-state index in [4.69, 9.17) is 9.15 Å². The Hall–Kier alpha value is -3.42. The zero-order chi connectivity index (χ0) is 17.5. The maximum atomic E-state index is 5.74. The Morgan fingerprint density at radius 1 is 1.15 bits per heavy atom. The summed E-state index contributed by atoms with van der Waals surface area (Å²) in [4.78, 5) is 11.8. The highest BCUT2D eigenvalue weighted by Gasteiger charge is 2.23. The number of H-pyrrole nitrogens is 1. The number of rotatable bonds is 5. The molecule has 1 saturated carbocycles. The molecular weight excluding hydrogens is 332 g/mol. The first-order valence-corrected chi connectivity index (χ1v) is 8.43. The fraction of sp³-hybridized carbons (Fsp3) is 0.222. The first-order chi connectivity index (χ1) is 12.7. The van der Waals surface area contributed by atoms with Crippen LogP contribution in [0.2, 0.25) is 0 Å². The number of aromatic nitrogens is 5. The van der Waals surface area contributed by atoms with Crippen molar-refractivity contribution in [3.63, 3.8) is 0 Å². The number of nitrogens with one attached hydrogen (secondary N) is 2. The topological polar surface area (TPSA) is 102 Å². The van der Waals surface area contributed by atoms with Gasteiger partial charge in [-0.1, -0.05) is 5.10 Å². The molecule has 26 heavy (non-hydrogen) atoms. The van der Waals surface area contributed by atoms with E-state index in [0.717, 1.165) is 40.9 Å². The van der Waals surface area contributed by atoms with Gasteiger partial charge in [0.15, 0.2) is 0 Å². The minimum absolute atomic E-state index is 0.267. The maximum absolute atomic E-state index is 5.74. The molecular formula is C18H16N6O2. The van der Waals surface area contributed by atoms with Gasteiger partial charge >= 0.3 is 6.01 Å². The van der Waals surface area contributed by atoms with Crippen LogP contribution < -0.4 is 10.1 Å². The van der Waals surface area contributed by atoms with E-state index in [1.54, 1.807) is 6.20 Å². The Labute approximate surface area is 148 Å². The van der Waals surface area contributed by atoms with Crippen LogP contribution in [0.3, 0.4) is 0 Å². The number of anilines is 2. The summed E-state index contributed by atoms with van der Waals surface area (Å²) in [6.07, 6.45) is 4.39. The van der Waals surface area contributed by atoms with Gasteiger partial charge in [0.2, 0.25) is 11.8 Å². The second-order valence-corrected chi connectivity index (χ2v) is 6.26. The van der Waals surface area contributed by atoms with E-state index < -0.39 is 0 Å². The highest BCUT2D eigenvalue weighted by Crippen LogP contribution is 2.29. The first kappa shape index (κ1) is 14.9. The van der Waals surface area contributed by atoms with Gasteiger partial charge in [-0.05, 0) is 50.1 Å². The molecule has 0 radical (unpaired) electrons. The van der Waals surface area contributed by atoms with Crippen molar-refractivity contribution in [1.29, 1.82) is 0 Å². The van der Waals surface area contributed by atoms with Crippen molar-refractivity contribution in [3.05, 3.63) is 42.2 Å². The number of pyridine rings is 1. The van der Waals surface area contributed by atoms with E-state index in [-0.39, 0.29) is 6.01 Å². The van der Waals surface area contributed by atoms with Crippen LogP contribution in [0, 0.1) is 6.92 Å². The van der Waals surface area contributed by atoms with Gasteiger partial charge in [0.1, 0.15) is 11.3 Å². The second kappa shape index (κ2) is 5.83. The van der Waals surface area contributed by atoms with E-state index in [0.29, 0.717) is 17.9 Å². The molecule has 0 unspecified atom stereocenters. The smallest absolute Gasteiger partial charge is 0.322 e. The molecule has 1 fully saturated rings. The lowest BCUT2D eigenvalue weighted by Crippen LogP contribution is -1.95. The molecule has 8 heteroatoms. The lowest BCUT2D eigenvalue weighted by molar-refractivity contribution is 0.303. The average molecular weight is 348 g/mol. The van der Waals surface area contributed by atoms with Crippen LogP contribution in [-0.2, 0) is 0 Å². The zero-order valence-electron chi connectivity index (χ0n) is 14.1. The van der Waals surface area contributed by atoms with Crippen LogP contribution in [0.5, 0.6) is 5.75 Å². The quantitative estimate of drug-likeness (QED) is 0.568. The molecule has 0 saturated heterocycles. The highest BCUT2D eigenvalue weighted by molar-refractivity contribution is 5.79. The molecule has 3 aromatic heterocycles. The predicted molar refractivity (Wildman–Crippen MR) is 95.3 cm³/mol. The minimum Gasteiger partial charge on any atom is -0.490 e. The van der Waals surface area contributed by atoms with Gasteiger partial charge < -0.3 is 14.1 Å². The lowest BCUT2D eigenvalue weighted by Gasteiger charge is -2.03. The summed E-state index contributed by atoms with van der Waals surface area (Å²) in [5, 5.41) is 11.1. The van der Waals surface area contributed by atoms with Crippen LogP contribution in [-0.4, -0.2) is 31.3 Å². The van der Waals surface area contributed by atoms with E-state index in [9.17, 15) is 0 Å². The second-order valence-electron chi connectivity index (χ2n) is 6.26. The van der Waals surface area contributed by atoms with E-state index in [2.05, 4.69) is 30.5 Å². The van der Waals surface area contributed by atoms with Crippen molar-refractivity contribution < 1.29 is 9.15 Å². The molecule has 5 rings (SSSR count). The molecule has 1 aromatic carbocycles. The third-order valence-electron chi connectivity index (χ3n) is 4.16. The summed E-state index contributed by atoms with van der Waals surface area (Å²) in [5.74, 6) is 1.82.